The van der Waals surface area contributed by atoms with Crippen LogP contribution < -0.4 is 0 Å². The molecule has 0 fully saturated rings. The molecule has 0 aliphatic carbocycles. The second-order valence-electron chi connectivity index (χ2n) is 5.34. The summed E-state index contributed by atoms with van der Waals surface area (Å²) in [5, 5.41) is -0.0215. The summed E-state index contributed by atoms with van der Waals surface area (Å²) in [6.07, 6.45) is 8.48. The summed E-state index contributed by atoms with van der Waals surface area (Å²) < 4.78 is 18.7. The molecule has 0 bridgehead atoms. The van der Waals surface area contributed by atoms with Gasteiger partial charge in [-0.2, -0.15) is 0 Å². The average Bonchev–Trinajstić information content (AvgIpc) is 2.70. The van der Waals surface area contributed by atoms with Gasteiger partial charge in [-0.05, 0) is 31.9 Å². The summed E-state index contributed by atoms with van der Waals surface area (Å²) in [5.74, 6) is 0. The number of unbranched alkanes of at least 4 members (excludes halogenated alkanes) is 1. The zero-order chi connectivity index (χ0) is 14.4. The Balaban J connectivity index is 2.16. The van der Waals surface area contributed by atoms with Crippen molar-refractivity contribution in [3.05, 3.63) is 42.0 Å². The molecule has 0 spiro atoms. The maximum atomic E-state index is 12.8. The Hall–Kier alpha value is -0.930. The van der Waals surface area contributed by atoms with Gasteiger partial charge in [0.2, 0.25) is 0 Å². The maximum Gasteiger partial charge on any atom is 0.0836 e. The second-order valence-corrected chi connectivity index (χ2v) is 6.95. The van der Waals surface area contributed by atoms with E-state index in [0.29, 0.717) is 0 Å². The molecular weight excluding hydrogens is 268 g/mol. The molecule has 2 rings (SSSR count). The third-order valence-corrected chi connectivity index (χ3v) is 5.34. The predicted octanol–water partition coefficient (Wildman–Crippen LogP) is 4.01. The summed E-state index contributed by atoms with van der Waals surface area (Å²) in [5.41, 5.74) is 1.20. The third kappa shape index (κ3) is 4.03. The lowest BCUT2D eigenvalue weighted by Crippen LogP contribution is -2.30. The molecule has 110 valence electrons. The van der Waals surface area contributed by atoms with E-state index in [4.69, 9.17) is 4.74 Å². The minimum Gasteiger partial charge on any atom is -0.376 e. The molecule has 0 N–H and O–H groups in total. The minimum atomic E-state index is -1.03. The lowest BCUT2D eigenvalue weighted by Gasteiger charge is -2.23. The monoisotopic (exact) mass is 292 g/mol. The highest BCUT2D eigenvalue weighted by Gasteiger charge is 2.27. The molecule has 0 saturated carbocycles. The van der Waals surface area contributed by atoms with Crippen LogP contribution in [-0.4, -0.2) is 22.2 Å². The summed E-state index contributed by atoms with van der Waals surface area (Å²) >= 11 is 0. The standard InChI is InChI=1S/C17H24O2S/c1-3-4-7-16-17(8-5-6-13-19-16)20(18)15-11-9-14(2)10-12-15/h5,8-12,16-17H,3-4,6-7,13H2,1-2H3/t16-,17+,20?/m0/s1. The molecule has 3 atom stereocenters. The highest BCUT2D eigenvalue weighted by Crippen LogP contribution is 2.23. The topological polar surface area (TPSA) is 26.3 Å². The van der Waals surface area contributed by atoms with Crippen molar-refractivity contribution in [2.45, 2.75) is 55.8 Å². The average molecular weight is 292 g/mol. The fourth-order valence-electron chi connectivity index (χ4n) is 2.43. The van der Waals surface area contributed by atoms with Crippen LogP contribution in [0.3, 0.4) is 0 Å². The summed E-state index contributed by atoms with van der Waals surface area (Å²) in [7, 11) is -1.03. The van der Waals surface area contributed by atoms with E-state index in [9.17, 15) is 4.21 Å². The maximum absolute atomic E-state index is 12.8. The van der Waals surface area contributed by atoms with Crippen LogP contribution in [0.2, 0.25) is 0 Å². The number of ether oxygens (including phenoxy) is 1. The number of hydrogen-bond donors (Lipinski definition) is 0. The van der Waals surface area contributed by atoms with Gasteiger partial charge in [-0.15, -0.1) is 0 Å². The van der Waals surface area contributed by atoms with Crippen molar-refractivity contribution in [2.24, 2.45) is 0 Å². The van der Waals surface area contributed by atoms with E-state index >= 15 is 0 Å². The van der Waals surface area contributed by atoms with Gasteiger partial charge in [-0.25, -0.2) is 0 Å². The Bertz CT molecular complexity index is 464. The van der Waals surface area contributed by atoms with Gasteiger partial charge in [0.05, 0.1) is 28.8 Å². The number of benzene rings is 1. The molecule has 1 aliphatic rings. The fraction of sp³-hybridized carbons (Fsp3) is 0.529. The van der Waals surface area contributed by atoms with Crippen molar-refractivity contribution in [2.75, 3.05) is 6.61 Å². The summed E-state index contributed by atoms with van der Waals surface area (Å²) in [6.45, 7) is 4.97. The first kappa shape index (κ1) is 15.5. The quantitative estimate of drug-likeness (QED) is 0.767. The van der Waals surface area contributed by atoms with Crippen LogP contribution in [0.1, 0.15) is 38.2 Å². The molecule has 20 heavy (non-hydrogen) atoms. The Kier molecular flexibility index (Phi) is 5.99. The van der Waals surface area contributed by atoms with Gasteiger partial charge in [-0.3, -0.25) is 4.21 Å². The van der Waals surface area contributed by atoms with Gasteiger partial charge in [0.15, 0.2) is 0 Å². The zero-order valence-electron chi connectivity index (χ0n) is 12.4. The van der Waals surface area contributed by atoms with E-state index in [1.807, 2.05) is 31.2 Å². The number of hydrogen-bond acceptors (Lipinski definition) is 2. The summed E-state index contributed by atoms with van der Waals surface area (Å²) in [4.78, 5) is 0.900. The molecule has 1 aliphatic heterocycles. The molecule has 1 aromatic rings. The van der Waals surface area contributed by atoms with Crippen molar-refractivity contribution in [1.82, 2.24) is 0 Å². The van der Waals surface area contributed by atoms with E-state index in [1.165, 1.54) is 5.56 Å². The molecule has 0 saturated heterocycles. The molecule has 0 radical (unpaired) electrons. The molecule has 3 heteroatoms. The Morgan fingerprint density at radius 3 is 2.75 bits per heavy atom. The highest BCUT2D eigenvalue weighted by atomic mass is 32.2. The highest BCUT2D eigenvalue weighted by molar-refractivity contribution is 7.86. The van der Waals surface area contributed by atoms with Crippen LogP contribution >= 0.6 is 0 Å². The first-order valence-electron chi connectivity index (χ1n) is 7.48. The van der Waals surface area contributed by atoms with E-state index in [1.54, 1.807) is 0 Å². The van der Waals surface area contributed by atoms with Gasteiger partial charge >= 0.3 is 0 Å². The predicted molar refractivity (Wildman–Crippen MR) is 84.4 cm³/mol. The van der Waals surface area contributed by atoms with Crippen LogP contribution in [0.5, 0.6) is 0 Å². The Labute approximate surface area is 124 Å². The third-order valence-electron chi connectivity index (χ3n) is 3.65. The molecule has 0 aromatic heterocycles. The normalized spacial score (nSPS) is 24.3. The summed E-state index contributed by atoms with van der Waals surface area (Å²) in [6, 6.07) is 7.99. The minimum absolute atomic E-state index is 0.0215. The lowest BCUT2D eigenvalue weighted by atomic mass is 10.1. The first-order valence-corrected chi connectivity index (χ1v) is 8.69. The van der Waals surface area contributed by atoms with E-state index in [0.717, 1.165) is 37.2 Å². The SMILES string of the molecule is CCCC[C@@H]1OCCC=C[C@H]1S(=O)c1ccc(C)cc1. The molecular formula is C17H24O2S. The number of rotatable bonds is 5. The van der Waals surface area contributed by atoms with E-state index in [2.05, 4.69) is 19.1 Å². The van der Waals surface area contributed by atoms with Crippen LogP contribution in [0.25, 0.3) is 0 Å². The lowest BCUT2D eigenvalue weighted by molar-refractivity contribution is 0.0576. The van der Waals surface area contributed by atoms with Crippen LogP contribution in [0.15, 0.2) is 41.3 Å². The number of aryl methyl sites for hydroxylation is 1. The Morgan fingerprint density at radius 1 is 1.30 bits per heavy atom. The Morgan fingerprint density at radius 2 is 2.05 bits per heavy atom. The van der Waals surface area contributed by atoms with Gasteiger partial charge in [-0.1, -0.05) is 49.6 Å². The molecule has 1 aromatic carbocycles. The first-order chi connectivity index (χ1) is 9.72. The molecule has 2 nitrogen and oxygen atoms in total. The van der Waals surface area contributed by atoms with Crippen molar-refractivity contribution in [1.29, 1.82) is 0 Å². The van der Waals surface area contributed by atoms with Crippen molar-refractivity contribution >= 4 is 10.8 Å². The van der Waals surface area contributed by atoms with E-state index < -0.39 is 10.8 Å². The zero-order valence-corrected chi connectivity index (χ0v) is 13.2. The van der Waals surface area contributed by atoms with Crippen molar-refractivity contribution < 1.29 is 8.95 Å². The van der Waals surface area contributed by atoms with Gasteiger partial charge in [0.1, 0.15) is 0 Å². The van der Waals surface area contributed by atoms with Crippen molar-refractivity contribution in [3.63, 3.8) is 0 Å². The molecule has 0 amide bonds. The van der Waals surface area contributed by atoms with Gasteiger partial charge in [0.25, 0.3) is 0 Å². The smallest absolute Gasteiger partial charge is 0.0836 e. The van der Waals surface area contributed by atoms with Gasteiger partial charge in [0, 0.05) is 4.90 Å². The second kappa shape index (κ2) is 7.75. The molecule has 1 heterocycles. The van der Waals surface area contributed by atoms with Crippen LogP contribution in [0.4, 0.5) is 0 Å². The van der Waals surface area contributed by atoms with Gasteiger partial charge < -0.3 is 4.74 Å². The van der Waals surface area contributed by atoms with Crippen LogP contribution in [-0.2, 0) is 15.5 Å². The van der Waals surface area contributed by atoms with Crippen LogP contribution in [0, 0.1) is 6.92 Å². The van der Waals surface area contributed by atoms with E-state index in [-0.39, 0.29) is 11.4 Å². The largest absolute Gasteiger partial charge is 0.376 e. The molecule has 1 unspecified atom stereocenters. The fourth-order valence-corrected chi connectivity index (χ4v) is 3.89. The van der Waals surface area contributed by atoms with Crippen molar-refractivity contribution in [3.8, 4) is 0 Å².